The topological polar surface area (TPSA) is 69.9 Å². The summed E-state index contributed by atoms with van der Waals surface area (Å²) in [5.41, 5.74) is 4.22. The molecule has 1 atom stereocenters. The number of esters is 1. The van der Waals surface area contributed by atoms with E-state index < -0.39 is 12.0 Å². The van der Waals surface area contributed by atoms with Crippen LogP contribution in [-0.2, 0) is 16.1 Å². The number of hydrogen-bond acceptors (Lipinski definition) is 6. The molecule has 0 amide bonds. The molecular weight excluding hydrogens is 659 g/mol. The van der Waals surface area contributed by atoms with Crippen molar-refractivity contribution < 1.29 is 14.3 Å². The van der Waals surface area contributed by atoms with Gasteiger partial charge in [-0.3, -0.25) is 9.36 Å². The summed E-state index contributed by atoms with van der Waals surface area (Å²) in [4.78, 5) is 32.3. The van der Waals surface area contributed by atoms with Crippen LogP contribution in [0.3, 0.4) is 0 Å². The van der Waals surface area contributed by atoms with Gasteiger partial charge < -0.3 is 9.47 Å². The van der Waals surface area contributed by atoms with Crippen LogP contribution >= 0.6 is 45.5 Å². The number of halogens is 2. The summed E-state index contributed by atoms with van der Waals surface area (Å²) in [5.74, 6) is 0.155. The van der Waals surface area contributed by atoms with E-state index in [-0.39, 0.29) is 12.2 Å². The molecule has 1 aliphatic rings. The lowest BCUT2D eigenvalue weighted by molar-refractivity contribution is -0.139. The van der Waals surface area contributed by atoms with E-state index in [1.54, 1.807) is 30.6 Å². The van der Waals surface area contributed by atoms with Crippen LogP contribution in [0.5, 0.6) is 5.75 Å². The second-order valence-electron chi connectivity index (χ2n) is 9.29. The number of benzene rings is 3. The SMILES string of the molecule is CCOC(=O)C1=C(C)N=c2s/c(=C\c3cc(Cl)cc(I)c3OCc3ccccc3)c(=O)n2[C@@H]1c1ccc(C)cc1. The van der Waals surface area contributed by atoms with Crippen molar-refractivity contribution in [1.29, 1.82) is 0 Å². The van der Waals surface area contributed by atoms with Crippen molar-refractivity contribution in [1.82, 2.24) is 4.57 Å². The number of aryl methyl sites for hydroxylation is 1. The van der Waals surface area contributed by atoms with Gasteiger partial charge in [-0.2, -0.15) is 0 Å². The van der Waals surface area contributed by atoms with Gasteiger partial charge in [0.15, 0.2) is 4.80 Å². The molecule has 0 aliphatic carbocycles. The fourth-order valence-corrected chi connectivity index (χ4v) is 6.82. The first-order valence-corrected chi connectivity index (χ1v) is 15.0. The molecule has 0 spiro atoms. The number of rotatable bonds is 7. The maximum Gasteiger partial charge on any atom is 0.338 e. The van der Waals surface area contributed by atoms with E-state index in [1.807, 2.05) is 67.6 Å². The zero-order valence-corrected chi connectivity index (χ0v) is 25.8. The highest BCUT2D eigenvalue weighted by Crippen LogP contribution is 2.32. The molecule has 1 aromatic heterocycles. The average molecular weight is 685 g/mol. The number of nitrogens with zero attached hydrogens (tertiary/aromatic N) is 2. The Labute approximate surface area is 254 Å². The van der Waals surface area contributed by atoms with Crippen LogP contribution in [0.4, 0.5) is 0 Å². The number of ether oxygens (including phenoxy) is 2. The van der Waals surface area contributed by atoms with Gasteiger partial charge in [-0.1, -0.05) is 83.1 Å². The summed E-state index contributed by atoms with van der Waals surface area (Å²) in [6.45, 7) is 6.12. The maximum atomic E-state index is 14.0. The van der Waals surface area contributed by atoms with Gasteiger partial charge in [-0.25, -0.2) is 9.79 Å². The minimum Gasteiger partial charge on any atom is -0.487 e. The van der Waals surface area contributed by atoms with Crippen LogP contribution in [0, 0.1) is 10.5 Å². The standard InChI is InChI=1S/C31H26ClIN2O4S/c1-4-38-30(37)26-19(3)34-31-35(27(26)21-12-10-18(2)11-13-21)29(36)25(40-31)15-22-14-23(32)16-24(33)28(22)39-17-20-8-6-5-7-9-20/h5-16,27H,4,17H2,1-3H3/b25-15-/t27-/m1/s1. The predicted octanol–water partition coefficient (Wildman–Crippen LogP) is 5.94. The van der Waals surface area contributed by atoms with E-state index in [4.69, 9.17) is 21.1 Å². The van der Waals surface area contributed by atoms with Gasteiger partial charge >= 0.3 is 5.97 Å². The fraction of sp³-hybridized carbons (Fsp3) is 0.194. The lowest BCUT2D eigenvalue weighted by Gasteiger charge is -2.24. The van der Waals surface area contributed by atoms with Crippen molar-refractivity contribution in [3.63, 3.8) is 0 Å². The fourth-order valence-electron chi connectivity index (χ4n) is 4.57. The van der Waals surface area contributed by atoms with Gasteiger partial charge in [0.1, 0.15) is 12.4 Å². The molecule has 0 saturated carbocycles. The second-order valence-corrected chi connectivity index (χ2v) is 11.9. The predicted molar refractivity (Wildman–Crippen MR) is 167 cm³/mol. The van der Waals surface area contributed by atoms with Crippen LogP contribution in [0.2, 0.25) is 5.02 Å². The summed E-state index contributed by atoms with van der Waals surface area (Å²) in [7, 11) is 0. The molecule has 1 aliphatic heterocycles. The Hall–Kier alpha value is -3.21. The van der Waals surface area contributed by atoms with Crippen LogP contribution < -0.4 is 19.6 Å². The summed E-state index contributed by atoms with van der Waals surface area (Å²) < 4.78 is 14.5. The average Bonchev–Trinajstić information content (AvgIpc) is 3.22. The number of carbonyl (C=O) groups is 1. The van der Waals surface area contributed by atoms with Crippen molar-refractivity contribution in [2.45, 2.75) is 33.4 Å². The third-order valence-electron chi connectivity index (χ3n) is 6.46. The number of allylic oxidation sites excluding steroid dienone is 1. The largest absolute Gasteiger partial charge is 0.487 e. The van der Waals surface area contributed by atoms with Gasteiger partial charge in [0.2, 0.25) is 0 Å². The Morgan fingerprint density at radius 1 is 1.12 bits per heavy atom. The minimum absolute atomic E-state index is 0.222. The van der Waals surface area contributed by atoms with Gasteiger partial charge in [0.25, 0.3) is 5.56 Å². The Balaban J connectivity index is 1.65. The van der Waals surface area contributed by atoms with E-state index in [0.717, 1.165) is 20.3 Å². The number of fused-ring (bicyclic) bond motifs is 1. The summed E-state index contributed by atoms with van der Waals surface area (Å²) >= 11 is 9.88. The first kappa shape index (κ1) is 28.3. The molecule has 40 heavy (non-hydrogen) atoms. The molecule has 4 aromatic rings. The molecule has 204 valence electrons. The van der Waals surface area contributed by atoms with Gasteiger partial charge in [0, 0.05) is 10.6 Å². The highest BCUT2D eigenvalue weighted by molar-refractivity contribution is 14.1. The second kappa shape index (κ2) is 12.1. The zero-order valence-electron chi connectivity index (χ0n) is 22.1. The maximum absolute atomic E-state index is 14.0. The minimum atomic E-state index is -0.661. The number of thiazole rings is 1. The first-order valence-electron chi connectivity index (χ1n) is 12.7. The highest BCUT2D eigenvalue weighted by Gasteiger charge is 2.33. The number of aromatic nitrogens is 1. The normalized spacial score (nSPS) is 15.0. The number of carbonyl (C=O) groups excluding carboxylic acids is 1. The Bertz CT molecular complexity index is 1790. The molecule has 0 radical (unpaired) electrons. The Morgan fingerprint density at radius 3 is 2.55 bits per heavy atom. The van der Waals surface area contributed by atoms with Gasteiger partial charge in [-0.05, 0) is 72.7 Å². The van der Waals surface area contributed by atoms with E-state index in [0.29, 0.717) is 43.5 Å². The summed E-state index contributed by atoms with van der Waals surface area (Å²) in [6.07, 6.45) is 1.79. The van der Waals surface area contributed by atoms with Gasteiger partial charge in [0.05, 0.1) is 32.0 Å². The monoisotopic (exact) mass is 684 g/mol. The Kier molecular flexibility index (Phi) is 8.58. The molecule has 0 saturated heterocycles. The van der Waals surface area contributed by atoms with Crippen molar-refractivity contribution in [2.24, 2.45) is 4.99 Å². The lowest BCUT2D eigenvalue weighted by Crippen LogP contribution is -2.39. The van der Waals surface area contributed by atoms with Crippen molar-refractivity contribution in [2.75, 3.05) is 6.61 Å². The van der Waals surface area contributed by atoms with E-state index in [1.165, 1.54) is 11.3 Å². The molecule has 0 fully saturated rings. The summed E-state index contributed by atoms with van der Waals surface area (Å²) in [6, 6.07) is 20.6. The Morgan fingerprint density at radius 2 is 1.85 bits per heavy atom. The lowest BCUT2D eigenvalue weighted by atomic mass is 9.95. The van der Waals surface area contributed by atoms with Crippen LogP contribution in [-0.4, -0.2) is 17.1 Å². The van der Waals surface area contributed by atoms with E-state index in [2.05, 4.69) is 27.6 Å². The van der Waals surface area contributed by atoms with Crippen molar-refractivity contribution in [3.8, 4) is 5.75 Å². The van der Waals surface area contributed by atoms with E-state index >= 15 is 0 Å². The summed E-state index contributed by atoms with van der Waals surface area (Å²) in [5, 5.41) is 0.536. The molecule has 2 heterocycles. The third-order valence-corrected chi connectivity index (χ3v) is 8.46. The molecule has 9 heteroatoms. The molecule has 0 bridgehead atoms. The van der Waals surface area contributed by atoms with Gasteiger partial charge in [-0.15, -0.1) is 0 Å². The first-order chi connectivity index (χ1) is 19.3. The zero-order chi connectivity index (χ0) is 28.4. The van der Waals surface area contributed by atoms with Crippen LogP contribution in [0.25, 0.3) is 6.08 Å². The smallest absolute Gasteiger partial charge is 0.338 e. The molecular formula is C31H26ClIN2O4S. The molecule has 6 nitrogen and oxygen atoms in total. The third kappa shape index (κ3) is 5.80. The molecule has 0 N–H and O–H groups in total. The molecule has 0 unspecified atom stereocenters. The quantitative estimate of drug-likeness (QED) is 0.179. The highest BCUT2D eigenvalue weighted by atomic mass is 127. The van der Waals surface area contributed by atoms with Crippen molar-refractivity contribution in [3.05, 3.63) is 129 Å². The van der Waals surface area contributed by atoms with E-state index in [9.17, 15) is 9.59 Å². The molecule has 3 aromatic carbocycles. The molecule has 5 rings (SSSR count). The van der Waals surface area contributed by atoms with Crippen molar-refractivity contribution >= 4 is 57.6 Å². The van der Waals surface area contributed by atoms with Crippen LogP contribution in [0.15, 0.2) is 87.8 Å². The number of hydrogen-bond donors (Lipinski definition) is 0. The van der Waals surface area contributed by atoms with Crippen LogP contribution in [0.1, 0.15) is 42.1 Å².